The topological polar surface area (TPSA) is 80.9 Å². The van der Waals surface area contributed by atoms with E-state index in [1.54, 1.807) is 6.92 Å². The first kappa shape index (κ1) is 17.6. The highest BCUT2D eigenvalue weighted by atomic mass is 16.3. The highest BCUT2D eigenvalue weighted by molar-refractivity contribution is 4.96. The number of hydrogen-bond acceptors (Lipinski definition) is 4. The van der Waals surface area contributed by atoms with Crippen molar-refractivity contribution >= 4 is 0 Å². The fourth-order valence-electron chi connectivity index (χ4n) is 3.08. The van der Waals surface area contributed by atoms with E-state index in [-0.39, 0.29) is 24.5 Å². The molecular formula is C16H30O4. The van der Waals surface area contributed by atoms with Crippen LogP contribution < -0.4 is 0 Å². The van der Waals surface area contributed by atoms with Gasteiger partial charge in [0.25, 0.3) is 0 Å². The van der Waals surface area contributed by atoms with Crippen LogP contribution in [0.4, 0.5) is 0 Å². The highest BCUT2D eigenvalue weighted by Crippen LogP contribution is 2.38. The third-order valence-electron chi connectivity index (χ3n) is 4.29. The minimum atomic E-state index is -0.448. The van der Waals surface area contributed by atoms with Gasteiger partial charge in [-0.15, -0.1) is 0 Å². The minimum absolute atomic E-state index is 0.0849. The van der Waals surface area contributed by atoms with Crippen molar-refractivity contribution in [3.63, 3.8) is 0 Å². The number of unbranched alkanes of at least 4 members (excludes halogenated alkanes) is 2. The van der Waals surface area contributed by atoms with Gasteiger partial charge in [-0.2, -0.15) is 0 Å². The lowest BCUT2D eigenvalue weighted by atomic mass is 9.86. The van der Waals surface area contributed by atoms with Crippen molar-refractivity contribution in [2.45, 2.75) is 70.2 Å². The normalized spacial score (nSPS) is 32.0. The van der Waals surface area contributed by atoms with Crippen molar-refractivity contribution in [1.29, 1.82) is 0 Å². The Balaban J connectivity index is 2.39. The van der Waals surface area contributed by atoms with Crippen LogP contribution in [0, 0.1) is 11.8 Å². The Bertz CT molecular complexity index is 278. The molecule has 0 aliphatic heterocycles. The molecule has 0 aromatic rings. The summed E-state index contributed by atoms with van der Waals surface area (Å²) in [5.74, 6) is 0.180. The summed E-state index contributed by atoms with van der Waals surface area (Å²) in [4.78, 5) is 0. The maximum atomic E-state index is 10.0. The first-order valence-electron chi connectivity index (χ1n) is 7.86. The summed E-state index contributed by atoms with van der Waals surface area (Å²) >= 11 is 0. The molecule has 4 N–H and O–H groups in total. The van der Waals surface area contributed by atoms with E-state index in [2.05, 4.69) is 12.2 Å². The molecule has 1 aliphatic carbocycles. The molecule has 5 atom stereocenters. The van der Waals surface area contributed by atoms with E-state index in [9.17, 15) is 15.3 Å². The van der Waals surface area contributed by atoms with Gasteiger partial charge >= 0.3 is 0 Å². The lowest BCUT2D eigenvalue weighted by molar-refractivity contribution is 0.0921. The zero-order valence-electron chi connectivity index (χ0n) is 12.5. The molecule has 0 spiro atoms. The second kappa shape index (κ2) is 9.50. The zero-order valence-corrected chi connectivity index (χ0v) is 12.5. The van der Waals surface area contributed by atoms with E-state index in [0.29, 0.717) is 12.8 Å². The summed E-state index contributed by atoms with van der Waals surface area (Å²) in [6.45, 7) is 2.00. The molecular weight excluding hydrogens is 256 g/mol. The van der Waals surface area contributed by atoms with E-state index in [4.69, 9.17) is 5.11 Å². The lowest BCUT2D eigenvalue weighted by Gasteiger charge is -2.23. The van der Waals surface area contributed by atoms with Gasteiger partial charge in [0.1, 0.15) is 0 Å². The van der Waals surface area contributed by atoms with E-state index < -0.39 is 12.2 Å². The standard InChI is InChI=1S/C16H30O4/c1-12(18)8-9-14-13(15(19)11-16(14)20)7-5-3-2-4-6-10-17/h3,5,12-20H,2,4,6-11H2,1H3/b5-3-/t12?,13-,14-,15+,16-/m1/s1. The van der Waals surface area contributed by atoms with E-state index in [1.165, 1.54) is 0 Å². The maximum Gasteiger partial charge on any atom is 0.0599 e. The zero-order chi connectivity index (χ0) is 15.0. The van der Waals surface area contributed by atoms with Crippen molar-refractivity contribution in [3.05, 3.63) is 12.2 Å². The Morgan fingerprint density at radius 2 is 1.80 bits per heavy atom. The van der Waals surface area contributed by atoms with Gasteiger partial charge in [0.15, 0.2) is 0 Å². The van der Waals surface area contributed by atoms with Crippen LogP contribution in [0.5, 0.6) is 0 Å². The summed E-state index contributed by atoms with van der Waals surface area (Å²) < 4.78 is 0. The molecule has 0 saturated heterocycles. The minimum Gasteiger partial charge on any atom is -0.396 e. The fourth-order valence-corrected chi connectivity index (χ4v) is 3.08. The first-order chi connectivity index (χ1) is 9.56. The van der Waals surface area contributed by atoms with Crippen LogP contribution in [0.15, 0.2) is 12.2 Å². The molecule has 0 aromatic carbocycles. The van der Waals surface area contributed by atoms with Gasteiger partial charge in [-0.25, -0.2) is 0 Å². The lowest BCUT2D eigenvalue weighted by Crippen LogP contribution is -2.23. The van der Waals surface area contributed by atoms with Crippen molar-refractivity contribution < 1.29 is 20.4 Å². The second-order valence-corrected chi connectivity index (χ2v) is 6.05. The molecule has 0 heterocycles. The SMILES string of the molecule is CC(O)CC[C@@H]1[C@@H](C/C=C\CCCCO)[C@@H](O)C[C@H]1O. The Morgan fingerprint density at radius 3 is 2.45 bits per heavy atom. The van der Waals surface area contributed by atoms with Gasteiger partial charge in [-0.1, -0.05) is 12.2 Å². The fraction of sp³-hybridized carbons (Fsp3) is 0.875. The van der Waals surface area contributed by atoms with Crippen molar-refractivity contribution in [2.75, 3.05) is 6.61 Å². The van der Waals surface area contributed by atoms with Crippen molar-refractivity contribution in [3.8, 4) is 0 Å². The molecule has 1 fully saturated rings. The van der Waals surface area contributed by atoms with Gasteiger partial charge in [-0.3, -0.25) is 0 Å². The molecule has 1 unspecified atom stereocenters. The average molecular weight is 286 g/mol. The van der Waals surface area contributed by atoms with Crippen LogP contribution in [0.2, 0.25) is 0 Å². The molecule has 1 saturated carbocycles. The van der Waals surface area contributed by atoms with Gasteiger partial charge < -0.3 is 20.4 Å². The quantitative estimate of drug-likeness (QED) is 0.383. The smallest absolute Gasteiger partial charge is 0.0599 e. The molecule has 0 radical (unpaired) electrons. The molecule has 0 bridgehead atoms. The molecule has 118 valence electrons. The predicted octanol–water partition coefficient (Wildman–Crippen LogP) is 1.61. The largest absolute Gasteiger partial charge is 0.396 e. The Labute approximate surface area is 122 Å². The Hall–Kier alpha value is -0.420. The van der Waals surface area contributed by atoms with E-state index >= 15 is 0 Å². The average Bonchev–Trinajstić information content (AvgIpc) is 2.65. The number of aliphatic hydroxyl groups excluding tert-OH is 4. The van der Waals surface area contributed by atoms with Crippen LogP contribution in [0.25, 0.3) is 0 Å². The molecule has 1 aliphatic rings. The monoisotopic (exact) mass is 286 g/mol. The summed E-state index contributed by atoms with van der Waals surface area (Å²) in [5, 5.41) is 38.1. The van der Waals surface area contributed by atoms with Gasteiger partial charge in [0.2, 0.25) is 0 Å². The highest BCUT2D eigenvalue weighted by Gasteiger charge is 2.40. The number of rotatable bonds is 9. The summed E-state index contributed by atoms with van der Waals surface area (Å²) in [6.07, 6.45) is 8.36. The van der Waals surface area contributed by atoms with Crippen LogP contribution in [0.1, 0.15) is 51.9 Å². The predicted molar refractivity (Wildman–Crippen MR) is 79.2 cm³/mol. The molecule has 4 nitrogen and oxygen atoms in total. The maximum absolute atomic E-state index is 10.0. The molecule has 1 rings (SSSR count). The van der Waals surface area contributed by atoms with Crippen LogP contribution in [-0.2, 0) is 0 Å². The van der Waals surface area contributed by atoms with E-state index in [0.717, 1.165) is 32.1 Å². The second-order valence-electron chi connectivity index (χ2n) is 6.05. The third-order valence-corrected chi connectivity index (χ3v) is 4.29. The summed E-state index contributed by atoms with van der Waals surface area (Å²) in [5.41, 5.74) is 0. The Morgan fingerprint density at radius 1 is 1.10 bits per heavy atom. The third kappa shape index (κ3) is 5.92. The molecule has 20 heavy (non-hydrogen) atoms. The van der Waals surface area contributed by atoms with Crippen molar-refractivity contribution in [2.24, 2.45) is 11.8 Å². The summed E-state index contributed by atoms with van der Waals surface area (Å²) in [6, 6.07) is 0. The van der Waals surface area contributed by atoms with Crippen LogP contribution >= 0.6 is 0 Å². The number of hydrogen-bond donors (Lipinski definition) is 4. The number of aliphatic hydroxyl groups is 4. The van der Waals surface area contributed by atoms with Gasteiger partial charge in [0, 0.05) is 6.61 Å². The molecule has 4 heteroatoms. The van der Waals surface area contributed by atoms with Crippen LogP contribution in [0.3, 0.4) is 0 Å². The van der Waals surface area contributed by atoms with Crippen LogP contribution in [-0.4, -0.2) is 45.3 Å². The van der Waals surface area contributed by atoms with Gasteiger partial charge in [0.05, 0.1) is 18.3 Å². The molecule has 0 amide bonds. The molecule has 0 aromatic heterocycles. The van der Waals surface area contributed by atoms with E-state index in [1.807, 2.05) is 0 Å². The number of allylic oxidation sites excluding steroid dienone is 2. The summed E-state index contributed by atoms with van der Waals surface area (Å²) in [7, 11) is 0. The van der Waals surface area contributed by atoms with Gasteiger partial charge in [-0.05, 0) is 63.7 Å². The first-order valence-corrected chi connectivity index (χ1v) is 7.86. The Kier molecular flexibility index (Phi) is 8.38. The van der Waals surface area contributed by atoms with Crippen molar-refractivity contribution in [1.82, 2.24) is 0 Å².